The van der Waals surface area contributed by atoms with E-state index in [1.54, 1.807) is 7.11 Å². The Morgan fingerprint density at radius 1 is 1.12 bits per heavy atom. The summed E-state index contributed by atoms with van der Waals surface area (Å²) < 4.78 is 61.5. The Morgan fingerprint density at radius 3 is 2.58 bits per heavy atom. The minimum absolute atomic E-state index is 0.0354. The normalized spacial score (nSPS) is 25.7. The Morgan fingerprint density at radius 2 is 1.86 bits per heavy atom. The fourth-order valence-electron chi connectivity index (χ4n) is 7.26. The molecule has 1 heterocycles. The van der Waals surface area contributed by atoms with Crippen LogP contribution in [0.15, 0.2) is 60.6 Å². The molecule has 3 aromatic carbocycles. The number of carbonyl (C=O) groups is 1. The van der Waals surface area contributed by atoms with Crippen LogP contribution in [-0.2, 0) is 32.7 Å². The lowest BCUT2D eigenvalue weighted by Gasteiger charge is -2.47. The molecule has 2 atom stereocenters. The summed E-state index contributed by atoms with van der Waals surface area (Å²) >= 11 is 6.22. The van der Waals surface area contributed by atoms with E-state index in [0.29, 0.717) is 38.9 Å². The number of halogens is 1. The summed E-state index contributed by atoms with van der Waals surface area (Å²) in [5.74, 6) is 2.34. The molecule has 43 heavy (non-hydrogen) atoms. The van der Waals surface area contributed by atoms with Gasteiger partial charge < -0.3 is 29.0 Å². The SMILES string of the molecule is [2H]c1c([2H])c(Cl)c([2H])c(NC2(C(=O)OC)CCC3(CC2)c2cc4c(cc2CC3C[C@@H](C)COCc2ccc(OC)cc2)OCO4)c1[2H]. The van der Waals surface area contributed by atoms with Gasteiger partial charge in [-0.25, -0.2) is 4.79 Å². The van der Waals surface area contributed by atoms with Crippen molar-refractivity contribution in [2.75, 3.05) is 32.9 Å². The van der Waals surface area contributed by atoms with Gasteiger partial charge in [0, 0.05) is 17.3 Å². The van der Waals surface area contributed by atoms with E-state index in [4.69, 9.17) is 40.8 Å². The number of carbonyl (C=O) groups excluding carboxylic acids is 1. The van der Waals surface area contributed by atoms with Crippen LogP contribution >= 0.6 is 11.6 Å². The number of benzene rings is 3. The largest absolute Gasteiger partial charge is 0.497 e. The van der Waals surface area contributed by atoms with Gasteiger partial charge in [0.05, 0.1) is 26.3 Å². The molecule has 2 aliphatic carbocycles. The van der Waals surface area contributed by atoms with Crippen LogP contribution in [-0.4, -0.2) is 39.1 Å². The number of fused-ring (bicyclic) bond motifs is 3. The number of methoxy groups -OCH3 is 2. The van der Waals surface area contributed by atoms with Gasteiger partial charge >= 0.3 is 5.97 Å². The van der Waals surface area contributed by atoms with Crippen molar-refractivity contribution in [2.45, 2.75) is 63.0 Å². The van der Waals surface area contributed by atoms with E-state index in [2.05, 4.69) is 24.4 Å². The third-order valence-electron chi connectivity index (χ3n) is 9.43. The minimum atomic E-state index is -1.23. The van der Waals surface area contributed by atoms with Gasteiger partial charge in [-0.1, -0.05) is 36.7 Å². The molecule has 0 aromatic heterocycles. The number of hydrogen-bond donors (Lipinski definition) is 1. The van der Waals surface area contributed by atoms with Gasteiger partial charge in [0.15, 0.2) is 11.5 Å². The van der Waals surface area contributed by atoms with Crippen molar-refractivity contribution in [1.82, 2.24) is 0 Å². The summed E-state index contributed by atoms with van der Waals surface area (Å²) in [6, 6.07) is 10.7. The molecule has 3 aromatic rings. The van der Waals surface area contributed by atoms with E-state index in [1.165, 1.54) is 18.2 Å². The van der Waals surface area contributed by atoms with Gasteiger partial charge in [0.25, 0.3) is 0 Å². The van der Waals surface area contributed by atoms with E-state index < -0.39 is 17.6 Å². The van der Waals surface area contributed by atoms with Gasteiger partial charge in [-0.15, -0.1) is 0 Å². The molecule has 3 aliphatic rings. The molecule has 0 bridgehead atoms. The number of anilines is 1. The number of ether oxygens (including phenoxy) is 5. The first-order chi connectivity index (χ1) is 22.5. The Kier molecular flexibility index (Phi) is 7.14. The Labute approximate surface area is 264 Å². The zero-order valence-corrected chi connectivity index (χ0v) is 25.6. The molecule has 1 unspecified atom stereocenters. The number of nitrogens with one attached hydrogen (secondary N) is 1. The predicted molar refractivity (Wildman–Crippen MR) is 166 cm³/mol. The van der Waals surface area contributed by atoms with Gasteiger partial charge in [0.1, 0.15) is 11.3 Å². The zero-order valence-electron chi connectivity index (χ0n) is 28.8. The first kappa shape index (κ1) is 25.0. The summed E-state index contributed by atoms with van der Waals surface area (Å²) in [4.78, 5) is 13.5. The molecule has 7 nitrogen and oxygen atoms in total. The Balaban J connectivity index is 1.25. The van der Waals surface area contributed by atoms with E-state index in [1.807, 2.05) is 24.3 Å². The molecule has 0 amide bonds. The fraction of sp³-hybridized carbons (Fsp3) is 0.457. The summed E-state index contributed by atoms with van der Waals surface area (Å²) in [7, 11) is 2.98. The lowest BCUT2D eigenvalue weighted by Crippen LogP contribution is -2.53. The second-order valence-electron chi connectivity index (χ2n) is 12.0. The van der Waals surface area contributed by atoms with Gasteiger partial charge in [0.2, 0.25) is 6.79 Å². The van der Waals surface area contributed by atoms with Crippen molar-refractivity contribution in [3.8, 4) is 17.2 Å². The lowest BCUT2D eigenvalue weighted by molar-refractivity contribution is -0.148. The molecule has 1 aliphatic heterocycles. The molecule has 0 radical (unpaired) electrons. The average molecular weight is 610 g/mol. The molecule has 1 N–H and O–H groups in total. The molecule has 6 rings (SSSR count). The average Bonchev–Trinajstić information content (AvgIpc) is 3.66. The van der Waals surface area contributed by atoms with Gasteiger partial charge in [-0.05, 0) is 115 Å². The van der Waals surface area contributed by atoms with Crippen LogP contribution in [0.2, 0.25) is 5.02 Å². The molecular formula is C35H40ClNO6. The van der Waals surface area contributed by atoms with E-state index in [-0.39, 0.29) is 52.9 Å². The van der Waals surface area contributed by atoms with Crippen molar-refractivity contribution < 1.29 is 34.0 Å². The Bertz CT molecular complexity index is 1630. The monoisotopic (exact) mass is 609 g/mol. The third-order valence-corrected chi connectivity index (χ3v) is 9.62. The smallest absolute Gasteiger partial charge is 0.331 e. The van der Waals surface area contributed by atoms with E-state index >= 15 is 0 Å². The first-order valence-electron chi connectivity index (χ1n) is 16.8. The standard InChI is InChI=1S/C35H40ClNO6/c1-23(20-41-21-24-7-9-29(39-2)10-8-24)15-26-16-25-17-31-32(43-22-42-31)19-30(25)34(26)11-13-35(14-12-34,33(38)40-3)37-28-6-4-5-27(36)18-28/h4-10,17-19,23,26,37H,11-16,20-22H2,1-3H3/t23-,26?,34?,35?/m1/s1/i4D,5D,6D,18D. The van der Waals surface area contributed by atoms with Crippen molar-refractivity contribution in [2.24, 2.45) is 11.8 Å². The summed E-state index contributed by atoms with van der Waals surface area (Å²) in [5.41, 5.74) is 2.00. The first-order valence-corrected chi connectivity index (χ1v) is 15.2. The molecule has 0 saturated heterocycles. The predicted octanol–water partition coefficient (Wildman–Crippen LogP) is 7.33. The van der Waals surface area contributed by atoms with E-state index in [9.17, 15) is 4.79 Å². The molecule has 228 valence electrons. The van der Waals surface area contributed by atoms with Crippen LogP contribution in [0.4, 0.5) is 5.69 Å². The number of rotatable bonds is 10. The zero-order chi connectivity index (χ0) is 33.5. The van der Waals surface area contributed by atoms with Gasteiger partial charge in [-0.3, -0.25) is 0 Å². The van der Waals surface area contributed by atoms with Crippen molar-refractivity contribution in [3.05, 3.63) is 82.3 Å². The molecular weight excluding hydrogens is 566 g/mol. The van der Waals surface area contributed by atoms with Crippen LogP contribution in [0.3, 0.4) is 0 Å². The van der Waals surface area contributed by atoms with Crippen LogP contribution in [0.1, 0.15) is 61.2 Å². The van der Waals surface area contributed by atoms with E-state index in [0.717, 1.165) is 35.7 Å². The molecule has 1 fully saturated rings. The van der Waals surface area contributed by atoms with Gasteiger partial charge in [-0.2, -0.15) is 0 Å². The molecule has 1 spiro atoms. The quantitative estimate of drug-likeness (QED) is 0.241. The maximum atomic E-state index is 13.5. The highest BCUT2D eigenvalue weighted by molar-refractivity contribution is 6.30. The maximum Gasteiger partial charge on any atom is 0.331 e. The highest BCUT2D eigenvalue weighted by atomic mass is 35.5. The summed E-state index contributed by atoms with van der Waals surface area (Å²) in [5, 5.41) is 2.93. The summed E-state index contributed by atoms with van der Waals surface area (Å²) in [6.07, 6.45) is 3.81. The van der Waals surface area contributed by atoms with Crippen LogP contribution in [0.25, 0.3) is 0 Å². The number of hydrogen-bond acceptors (Lipinski definition) is 7. The second-order valence-corrected chi connectivity index (χ2v) is 12.4. The summed E-state index contributed by atoms with van der Waals surface area (Å²) in [6.45, 7) is 3.52. The van der Waals surface area contributed by atoms with Crippen LogP contribution < -0.4 is 19.5 Å². The Hall–Kier alpha value is -3.42. The highest BCUT2D eigenvalue weighted by Crippen LogP contribution is 2.58. The van der Waals surface area contributed by atoms with Crippen molar-refractivity contribution >= 4 is 23.3 Å². The molecule has 1 saturated carbocycles. The van der Waals surface area contributed by atoms with Crippen LogP contribution in [0, 0.1) is 11.8 Å². The fourth-order valence-corrected chi connectivity index (χ4v) is 7.40. The van der Waals surface area contributed by atoms with Crippen molar-refractivity contribution in [3.63, 3.8) is 0 Å². The minimum Gasteiger partial charge on any atom is -0.497 e. The highest BCUT2D eigenvalue weighted by Gasteiger charge is 2.54. The van der Waals surface area contributed by atoms with Crippen molar-refractivity contribution in [1.29, 1.82) is 0 Å². The lowest BCUT2D eigenvalue weighted by atomic mass is 9.59. The second kappa shape index (κ2) is 12.3. The molecule has 8 heteroatoms. The number of esters is 1. The maximum absolute atomic E-state index is 13.5. The third kappa shape index (κ3) is 5.89. The topological polar surface area (TPSA) is 75.3 Å². The van der Waals surface area contributed by atoms with Crippen LogP contribution in [0.5, 0.6) is 17.2 Å².